The van der Waals surface area contributed by atoms with Gasteiger partial charge in [0.15, 0.2) is 0 Å². The summed E-state index contributed by atoms with van der Waals surface area (Å²) in [4.78, 5) is 16.6. The lowest BCUT2D eigenvalue weighted by atomic mass is 10.1. The number of nitrogens with one attached hydrogen (secondary N) is 1. The molecule has 0 bridgehead atoms. The van der Waals surface area contributed by atoms with Gasteiger partial charge in [0.1, 0.15) is 0 Å². The molecule has 0 aromatic heterocycles. The molecule has 0 aromatic carbocycles. The Morgan fingerprint density at radius 3 is 2.11 bits per heavy atom. The Hall–Kier alpha value is -0.610. The summed E-state index contributed by atoms with van der Waals surface area (Å²) in [5.74, 6) is 0.251. The van der Waals surface area contributed by atoms with Gasteiger partial charge in [0, 0.05) is 18.1 Å². The van der Waals surface area contributed by atoms with Crippen molar-refractivity contribution < 1.29 is 4.79 Å². The molecular formula is C14H29N3O. The van der Waals surface area contributed by atoms with Gasteiger partial charge in [0.05, 0.1) is 6.54 Å². The van der Waals surface area contributed by atoms with E-state index in [0.29, 0.717) is 12.6 Å². The Labute approximate surface area is 112 Å². The lowest BCUT2D eigenvalue weighted by Crippen LogP contribution is -2.49. The molecule has 4 nitrogen and oxygen atoms in total. The summed E-state index contributed by atoms with van der Waals surface area (Å²) < 4.78 is 0. The Kier molecular flexibility index (Phi) is 6.09. The number of carbonyl (C=O) groups is 1. The zero-order valence-corrected chi connectivity index (χ0v) is 12.6. The van der Waals surface area contributed by atoms with E-state index in [0.717, 1.165) is 25.9 Å². The molecule has 0 saturated carbocycles. The van der Waals surface area contributed by atoms with Crippen LogP contribution in [0.4, 0.5) is 0 Å². The molecule has 1 heterocycles. The zero-order chi connectivity index (χ0) is 13.7. The topological polar surface area (TPSA) is 35.6 Å². The second-order valence-corrected chi connectivity index (χ2v) is 5.88. The van der Waals surface area contributed by atoms with Crippen LogP contribution in [0.25, 0.3) is 0 Å². The Balaban J connectivity index is 2.51. The minimum absolute atomic E-state index is 0.251. The van der Waals surface area contributed by atoms with Gasteiger partial charge in [-0.1, -0.05) is 0 Å². The van der Waals surface area contributed by atoms with Crippen LogP contribution in [0.15, 0.2) is 0 Å². The van der Waals surface area contributed by atoms with E-state index >= 15 is 0 Å². The zero-order valence-electron chi connectivity index (χ0n) is 12.6. The molecule has 0 unspecified atom stereocenters. The number of rotatable bonds is 5. The van der Waals surface area contributed by atoms with Crippen LogP contribution in [0, 0.1) is 0 Å². The van der Waals surface area contributed by atoms with Gasteiger partial charge in [-0.15, -0.1) is 0 Å². The lowest BCUT2D eigenvalue weighted by molar-refractivity contribution is -0.136. The minimum Gasteiger partial charge on any atom is -0.337 e. The van der Waals surface area contributed by atoms with Crippen molar-refractivity contribution in [1.82, 2.24) is 15.1 Å². The Bertz CT molecular complexity index is 252. The Morgan fingerprint density at radius 1 is 1.17 bits per heavy atom. The third-order valence-corrected chi connectivity index (χ3v) is 3.72. The number of carbonyl (C=O) groups excluding carboxylic acids is 1. The van der Waals surface area contributed by atoms with Crippen molar-refractivity contribution in [3.63, 3.8) is 0 Å². The fourth-order valence-corrected chi connectivity index (χ4v) is 2.84. The molecule has 0 spiro atoms. The molecule has 1 amide bonds. The fraction of sp³-hybridized carbons (Fsp3) is 0.929. The molecule has 0 aliphatic carbocycles. The first kappa shape index (κ1) is 15.4. The van der Waals surface area contributed by atoms with Gasteiger partial charge in [-0.3, -0.25) is 9.69 Å². The van der Waals surface area contributed by atoms with Crippen LogP contribution < -0.4 is 5.32 Å². The first-order chi connectivity index (χ1) is 8.43. The van der Waals surface area contributed by atoms with Crippen LogP contribution >= 0.6 is 0 Å². The van der Waals surface area contributed by atoms with Crippen LogP contribution in [0.3, 0.4) is 0 Å². The van der Waals surface area contributed by atoms with Gasteiger partial charge in [-0.25, -0.2) is 0 Å². The standard InChI is InChI=1S/C14H29N3O/c1-11(2)17(12(3)4)14(18)10-16(5)13-6-8-15-9-7-13/h11-13,15H,6-10H2,1-5H3. The van der Waals surface area contributed by atoms with Crippen LogP contribution in [0.5, 0.6) is 0 Å². The second kappa shape index (κ2) is 7.10. The minimum atomic E-state index is 0.251. The number of hydrogen-bond acceptors (Lipinski definition) is 3. The third kappa shape index (κ3) is 4.25. The highest BCUT2D eigenvalue weighted by Crippen LogP contribution is 2.12. The smallest absolute Gasteiger partial charge is 0.237 e. The van der Waals surface area contributed by atoms with E-state index in [-0.39, 0.29) is 18.0 Å². The first-order valence-electron chi connectivity index (χ1n) is 7.15. The molecule has 0 atom stereocenters. The maximum absolute atomic E-state index is 12.3. The van der Waals surface area contributed by atoms with Crippen molar-refractivity contribution in [2.24, 2.45) is 0 Å². The van der Waals surface area contributed by atoms with Crippen LogP contribution in [0.2, 0.25) is 0 Å². The van der Waals surface area contributed by atoms with Crippen molar-refractivity contribution in [2.45, 2.75) is 58.7 Å². The van der Waals surface area contributed by atoms with E-state index in [9.17, 15) is 4.79 Å². The van der Waals surface area contributed by atoms with Crippen LogP contribution in [-0.2, 0) is 4.79 Å². The molecule has 1 rings (SSSR count). The lowest BCUT2D eigenvalue weighted by Gasteiger charge is -2.35. The van der Waals surface area contributed by atoms with E-state index in [4.69, 9.17) is 0 Å². The van der Waals surface area contributed by atoms with Gasteiger partial charge in [0.2, 0.25) is 5.91 Å². The molecule has 106 valence electrons. The maximum atomic E-state index is 12.3. The van der Waals surface area contributed by atoms with Crippen molar-refractivity contribution in [2.75, 3.05) is 26.7 Å². The van der Waals surface area contributed by atoms with Gasteiger partial charge < -0.3 is 10.2 Å². The van der Waals surface area contributed by atoms with Crippen LogP contribution in [0.1, 0.15) is 40.5 Å². The van der Waals surface area contributed by atoms with Crippen molar-refractivity contribution in [1.29, 1.82) is 0 Å². The summed E-state index contributed by atoms with van der Waals surface area (Å²) in [5, 5.41) is 3.36. The summed E-state index contributed by atoms with van der Waals surface area (Å²) in [5.41, 5.74) is 0. The van der Waals surface area contributed by atoms with Crippen LogP contribution in [-0.4, -0.2) is 60.5 Å². The van der Waals surface area contributed by atoms with Gasteiger partial charge >= 0.3 is 0 Å². The van der Waals surface area contributed by atoms with E-state index in [1.54, 1.807) is 0 Å². The SMILES string of the molecule is CC(C)N(C(=O)CN(C)C1CCNCC1)C(C)C. The van der Waals surface area contributed by atoms with E-state index < -0.39 is 0 Å². The van der Waals surface area contributed by atoms with Gasteiger partial charge in [-0.2, -0.15) is 0 Å². The molecule has 0 aromatic rings. The molecule has 18 heavy (non-hydrogen) atoms. The number of amides is 1. The normalized spacial score (nSPS) is 17.8. The number of piperidine rings is 1. The monoisotopic (exact) mass is 255 g/mol. The number of nitrogens with zero attached hydrogens (tertiary/aromatic N) is 2. The van der Waals surface area contributed by atoms with Crippen molar-refractivity contribution in [3.05, 3.63) is 0 Å². The van der Waals surface area contributed by atoms with Crippen molar-refractivity contribution >= 4 is 5.91 Å². The predicted octanol–water partition coefficient (Wildman–Crippen LogP) is 1.32. The average Bonchev–Trinajstić information content (AvgIpc) is 2.28. The highest BCUT2D eigenvalue weighted by Gasteiger charge is 2.24. The van der Waals surface area contributed by atoms with E-state index in [2.05, 4.69) is 45.0 Å². The van der Waals surface area contributed by atoms with Gasteiger partial charge in [0.25, 0.3) is 0 Å². The molecule has 1 N–H and O–H groups in total. The number of likely N-dealkylation sites (N-methyl/N-ethyl adjacent to an activating group) is 1. The van der Waals surface area contributed by atoms with E-state index in [1.165, 1.54) is 0 Å². The molecular weight excluding hydrogens is 226 g/mol. The highest BCUT2D eigenvalue weighted by molar-refractivity contribution is 5.78. The molecule has 1 fully saturated rings. The molecule has 0 radical (unpaired) electrons. The Morgan fingerprint density at radius 2 is 1.67 bits per heavy atom. The first-order valence-corrected chi connectivity index (χ1v) is 7.15. The molecule has 1 aliphatic heterocycles. The summed E-state index contributed by atoms with van der Waals surface area (Å²) in [6, 6.07) is 1.11. The summed E-state index contributed by atoms with van der Waals surface area (Å²) in [6.45, 7) is 11.0. The maximum Gasteiger partial charge on any atom is 0.237 e. The second-order valence-electron chi connectivity index (χ2n) is 5.88. The quantitative estimate of drug-likeness (QED) is 0.805. The predicted molar refractivity (Wildman–Crippen MR) is 75.6 cm³/mol. The third-order valence-electron chi connectivity index (χ3n) is 3.72. The highest BCUT2D eigenvalue weighted by atomic mass is 16.2. The summed E-state index contributed by atoms with van der Waals surface area (Å²) in [6.07, 6.45) is 2.29. The summed E-state index contributed by atoms with van der Waals surface area (Å²) >= 11 is 0. The molecule has 4 heteroatoms. The fourth-order valence-electron chi connectivity index (χ4n) is 2.84. The van der Waals surface area contributed by atoms with Gasteiger partial charge in [-0.05, 0) is 60.7 Å². The van der Waals surface area contributed by atoms with E-state index in [1.807, 2.05) is 4.90 Å². The molecule has 1 saturated heterocycles. The summed E-state index contributed by atoms with van der Waals surface area (Å²) in [7, 11) is 2.08. The average molecular weight is 255 g/mol. The van der Waals surface area contributed by atoms with Crippen molar-refractivity contribution in [3.8, 4) is 0 Å². The largest absolute Gasteiger partial charge is 0.337 e. The molecule has 1 aliphatic rings. The number of hydrogen-bond donors (Lipinski definition) is 1.